The number of ketones is 3. The summed E-state index contributed by atoms with van der Waals surface area (Å²) in [5.41, 5.74) is -0.568. The van der Waals surface area contributed by atoms with Gasteiger partial charge in [0, 0.05) is 19.4 Å². The minimum atomic E-state index is -1.15. The van der Waals surface area contributed by atoms with Gasteiger partial charge in [0.15, 0.2) is 17.3 Å². The maximum absolute atomic E-state index is 12.2. The number of alkyl halides is 1. The van der Waals surface area contributed by atoms with E-state index >= 15 is 0 Å². The molecule has 2 aliphatic rings. The summed E-state index contributed by atoms with van der Waals surface area (Å²) in [6.45, 7) is 4.30. The van der Waals surface area contributed by atoms with Crippen LogP contribution in [0.3, 0.4) is 0 Å². The zero-order chi connectivity index (χ0) is 14.9. The first-order valence-corrected chi connectivity index (χ1v) is 7.61. The predicted octanol–water partition coefficient (Wildman–Crippen LogP) is 2.31. The molecule has 0 radical (unpaired) electrons. The van der Waals surface area contributed by atoms with Gasteiger partial charge in [0.1, 0.15) is 5.92 Å². The summed E-state index contributed by atoms with van der Waals surface area (Å²) in [7, 11) is 0. The van der Waals surface area contributed by atoms with Gasteiger partial charge in [0.05, 0.1) is 11.5 Å². The summed E-state index contributed by atoms with van der Waals surface area (Å²) in [6, 6.07) is 0. The molecule has 0 aromatic carbocycles. The van der Waals surface area contributed by atoms with Crippen LogP contribution >= 0.6 is 11.6 Å². The summed E-state index contributed by atoms with van der Waals surface area (Å²) in [4.78, 5) is 36.4. The monoisotopic (exact) mass is 300 g/mol. The van der Waals surface area contributed by atoms with Crippen LogP contribution < -0.4 is 0 Å². The Labute approximate surface area is 124 Å². The van der Waals surface area contributed by atoms with Gasteiger partial charge in [0.25, 0.3) is 0 Å². The van der Waals surface area contributed by atoms with Crippen molar-refractivity contribution >= 4 is 29.0 Å². The van der Waals surface area contributed by atoms with Crippen molar-refractivity contribution in [2.24, 2.45) is 11.3 Å². The quantitative estimate of drug-likeness (QED) is 0.590. The first-order chi connectivity index (χ1) is 9.33. The van der Waals surface area contributed by atoms with E-state index in [4.69, 9.17) is 16.3 Å². The zero-order valence-electron chi connectivity index (χ0n) is 12.0. The van der Waals surface area contributed by atoms with E-state index in [0.717, 1.165) is 19.4 Å². The van der Waals surface area contributed by atoms with E-state index in [0.29, 0.717) is 6.42 Å². The first-order valence-electron chi connectivity index (χ1n) is 7.18. The van der Waals surface area contributed by atoms with Gasteiger partial charge in [-0.2, -0.15) is 0 Å². The largest absolute Gasteiger partial charge is 0.378 e. The van der Waals surface area contributed by atoms with E-state index in [1.807, 2.05) is 0 Å². The summed E-state index contributed by atoms with van der Waals surface area (Å²) in [5, 5.41) is -0.767. The number of halogens is 1. The summed E-state index contributed by atoms with van der Waals surface area (Å²) in [5.74, 6) is -2.15. The molecule has 1 saturated heterocycles. The first kappa shape index (κ1) is 15.6. The fourth-order valence-electron chi connectivity index (χ4n) is 2.99. The van der Waals surface area contributed by atoms with Crippen molar-refractivity contribution in [3.8, 4) is 0 Å². The molecular formula is C15H21ClO4. The molecule has 2 rings (SSSR count). The smallest absolute Gasteiger partial charge is 0.169 e. The third-order valence-corrected chi connectivity index (χ3v) is 5.04. The van der Waals surface area contributed by atoms with Gasteiger partial charge < -0.3 is 4.74 Å². The average Bonchev–Trinajstić information content (AvgIpc) is 2.86. The highest BCUT2D eigenvalue weighted by molar-refractivity contribution is 6.38. The van der Waals surface area contributed by atoms with Crippen molar-refractivity contribution in [1.82, 2.24) is 0 Å². The van der Waals surface area contributed by atoms with Crippen molar-refractivity contribution in [2.75, 3.05) is 6.61 Å². The van der Waals surface area contributed by atoms with Crippen LogP contribution in [0.4, 0.5) is 0 Å². The molecule has 3 unspecified atom stereocenters. The number of ether oxygens (including phenoxy) is 1. The van der Waals surface area contributed by atoms with Crippen LogP contribution in [0.1, 0.15) is 46.0 Å². The van der Waals surface area contributed by atoms with E-state index in [1.54, 1.807) is 13.8 Å². The lowest BCUT2D eigenvalue weighted by molar-refractivity contribution is -0.145. The Kier molecular flexibility index (Phi) is 4.65. The molecule has 112 valence electrons. The Morgan fingerprint density at radius 2 is 2.10 bits per heavy atom. The van der Waals surface area contributed by atoms with Crippen molar-refractivity contribution < 1.29 is 19.1 Å². The van der Waals surface area contributed by atoms with Crippen LogP contribution in [0, 0.1) is 11.3 Å². The van der Waals surface area contributed by atoms with Gasteiger partial charge in [-0.15, -0.1) is 11.6 Å². The lowest BCUT2D eigenvalue weighted by Gasteiger charge is -2.35. The lowest BCUT2D eigenvalue weighted by atomic mass is 9.69. The molecule has 20 heavy (non-hydrogen) atoms. The summed E-state index contributed by atoms with van der Waals surface area (Å²) < 4.78 is 5.45. The molecule has 1 aliphatic heterocycles. The van der Waals surface area contributed by atoms with Gasteiger partial charge in [-0.25, -0.2) is 0 Å². The van der Waals surface area contributed by atoms with Gasteiger partial charge in [-0.3, -0.25) is 14.4 Å². The van der Waals surface area contributed by atoms with Crippen molar-refractivity contribution in [2.45, 2.75) is 57.4 Å². The SMILES string of the molecule is CC1(C)CC(=O)C(C(=O)CCC2CCCO2)C(=O)C1Cl. The van der Waals surface area contributed by atoms with Gasteiger partial charge in [0.2, 0.25) is 0 Å². The molecule has 0 bridgehead atoms. The third-order valence-electron chi connectivity index (χ3n) is 4.23. The Bertz CT molecular complexity index is 424. The minimum absolute atomic E-state index is 0.0935. The molecule has 0 N–H and O–H groups in total. The number of Topliss-reactive ketones (excluding diaryl/α,β-unsaturated/α-hetero) is 3. The number of rotatable bonds is 4. The molecule has 0 aromatic rings. The van der Waals surface area contributed by atoms with Crippen molar-refractivity contribution in [3.63, 3.8) is 0 Å². The van der Waals surface area contributed by atoms with Crippen LogP contribution in [0.5, 0.6) is 0 Å². The standard InChI is InChI=1S/C15H21ClO4/c1-15(2)8-11(18)12(13(19)14(15)16)10(17)6-5-9-4-3-7-20-9/h9,12,14H,3-8H2,1-2H3. The van der Waals surface area contributed by atoms with E-state index in [2.05, 4.69) is 0 Å². The molecule has 5 heteroatoms. The highest BCUT2D eigenvalue weighted by atomic mass is 35.5. The van der Waals surface area contributed by atoms with E-state index in [-0.39, 0.29) is 30.5 Å². The fraction of sp³-hybridized carbons (Fsp3) is 0.800. The second-order valence-electron chi connectivity index (χ2n) is 6.47. The highest BCUT2D eigenvalue weighted by Gasteiger charge is 2.49. The minimum Gasteiger partial charge on any atom is -0.378 e. The molecular weight excluding hydrogens is 280 g/mol. The zero-order valence-corrected chi connectivity index (χ0v) is 12.7. The topological polar surface area (TPSA) is 60.4 Å². The average molecular weight is 301 g/mol. The summed E-state index contributed by atoms with van der Waals surface area (Å²) in [6.07, 6.45) is 3.05. The predicted molar refractivity (Wildman–Crippen MR) is 74.8 cm³/mol. The van der Waals surface area contributed by atoms with Crippen molar-refractivity contribution in [3.05, 3.63) is 0 Å². The normalized spacial score (nSPS) is 33.5. The molecule has 3 atom stereocenters. The van der Waals surface area contributed by atoms with Gasteiger partial charge in [-0.1, -0.05) is 13.8 Å². The van der Waals surface area contributed by atoms with Crippen LogP contribution in [-0.2, 0) is 19.1 Å². The molecule has 1 heterocycles. The molecule has 1 aliphatic carbocycles. The molecule has 0 spiro atoms. The molecule has 1 saturated carbocycles. The Morgan fingerprint density at radius 1 is 1.40 bits per heavy atom. The number of carbonyl (C=O) groups is 3. The maximum atomic E-state index is 12.2. The van der Waals surface area contributed by atoms with E-state index in [1.165, 1.54) is 0 Å². The number of carbonyl (C=O) groups excluding carboxylic acids is 3. The van der Waals surface area contributed by atoms with Crippen LogP contribution in [0.25, 0.3) is 0 Å². The Morgan fingerprint density at radius 3 is 2.70 bits per heavy atom. The molecule has 0 amide bonds. The fourth-order valence-corrected chi connectivity index (χ4v) is 3.19. The Balaban J connectivity index is 1.98. The van der Waals surface area contributed by atoms with Crippen LogP contribution in [0.2, 0.25) is 0 Å². The third kappa shape index (κ3) is 3.12. The van der Waals surface area contributed by atoms with Crippen molar-refractivity contribution in [1.29, 1.82) is 0 Å². The maximum Gasteiger partial charge on any atom is 0.169 e. The van der Waals surface area contributed by atoms with E-state index < -0.39 is 22.5 Å². The second-order valence-corrected chi connectivity index (χ2v) is 6.91. The molecule has 0 aromatic heterocycles. The number of hydrogen-bond acceptors (Lipinski definition) is 4. The van der Waals surface area contributed by atoms with Gasteiger partial charge >= 0.3 is 0 Å². The Hall–Kier alpha value is -0.740. The van der Waals surface area contributed by atoms with E-state index in [9.17, 15) is 14.4 Å². The highest BCUT2D eigenvalue weighted by Crippen LogP contribution is 2.38. The molecule has 4 nitrogen and oxygen atoms in total. The molecule has 2 fully saturated rings. The number of hydrogen-bond donors (Lipinski definition) is 0. The lowest BCUT2D eigenvalue weighted by Crippen LogP contribution is -2.49. The van der Waals surface area contributed by atoms with Crippen LogP contribution in [0.15, 0.2) is 0 Å². The van der Waals surface area contributed by atoms with Crippen LogP contribution in [-0.4, -0.2) is 35.4 Å². The second kappa shape index (κ2) is 5.94. The summed E-state index contributed by atoms with van der Waals surface area (Å²) >= 11 is 6.11. The van der Waals surface area contributed by atoms with Gasteiger partial charge in [-0.05, 0) is 24.7 Å².